The highest BCUT2D eigenvalue weighted by atomic mass is 16.1. The number of hydrogen-bond acceptors (Lipinski definition) is 1. The summed E-state index contributed by atoms with van der Waals surface area (Å²) in [4.78, 5) is 10.9. The number of Topliss-reactive ketones (excluding diaryl/α,β-unsaturated/α-hetero) is 1. The van der Waals surface area contributed by atoms with E-state index in [1.54, 1.807) is 6.92 Å². The lowest BCUT2D eigenvalue weighted by molar-refractivity contribution is -0.117. The van der Waals surface area contributed by atoms with Crippen molar-refractivity contribution in [2.24, 2.45) is 0 Å². The van der Waals surface area contributed by atoms with Crippen LogP contribution in [-0.2, 0) is 11.2 Å². The van der Waals surface area contributed by atoms with Gasteiger partial charge >= 0.3 is 0 Å². The van der Waals surface area contributed by atoms with E-state index >= 15 is 0 Å². The van der Waals surface area contributed by atoms with E-state index in [9.17, 15) is 4.79 Å². The molecule has 0 atom stereocenters. The zero-order chi connectivity index (χ0) is 22.9. The summed E-state index contributed by atoms with van der Waals surface area (Å²) < 4.78 is 0. The molecule has 0 aliphatic carbocycles. The molecule has 0 saturated carbocycles. The van der Waals surface area contributed by atoms with E-state index in [2.05, 4.69) is 54.6 Å². The van der Waals surface area contributed by atoms with Gasteiger partial charge in [-0.25, -0.2) is 0 Å². The van der Waals surface area contributed by atoms with E-state index in [-0.39, 0.29) is 0 Å². The second-order valence-corrected chi connectivity index (χ2v) is 10.0. The third-order valence-corrected chi connectivity index (χ3v) is 7.34. The Morgan fingerprint density at radius 1 is 0.545 bits per heavy atom. The van der Waals surface area contributed by atoms with Crippen molar-refractivity contribution in [2.45, 2.75) is 96.8 Å². The lowest BCUT2D eigenvalue weighted by Crippen LogP contribution is -1.91. The van der Waals surface area contributed by atoms with Gasteiger partial charge in [-0.2, -0.15) is 0 Å². The molecule has 0 aliphatic rings. The Morgan fingerprint density at radius 2 is 1.03 bits per heavy atom. The largest absolute Gasteiger partial charge is 0.300 e. The van der Waals surface area contributed by atoms with Crippen LogP contribution in [0.15, 0.2) is 54.6 Å². The first kappa shape index (κ1) is 23.7. The van der Waals surface area contributed by atoms with Crippen LogP contribution in [0.5, 0.6) is 0 Å². The van der Waals surface area contributed by atoms with Crippen molar-refractivity contribution < 1.29 is 4.79 Å². The number of benzene rings is 4. The van der Waals surface area contributed by atoms with Gasteiger partial charge in [-0.1, -0.05) is 119 Å². The number of ketones is 1. The van der Waals surface area contributed by atoms with Crippen molar-refractivity contribution in [3.63, 3.8) is 0 Å². The van der Waals surface area contributed by atoms with Crippen LogP contribution in [0.1, 0.15) is 96.0 Å². The molecular formula is C32H40O. The molecule has 0 aromatic heterocycles. The molecular weight excluding hydrogens is 400 g/mol. The summed E-state index contributed by atoms with van der Waals surface area (Å²) in [6, 6.07) is 20.5. The summed E-state index contributed by atoms with van der Waals surface area (Å²) in [5, 5.41) is 8.44. The lowest BCUT2D eigenvalue weighted by Gasteiger charge is -2.14. The van der Waals surface area contributed by atoms with Crippen molar-refractivity contribution in [1.82, 2.24) is 0 Å². The zero-order valence-corrected chi connectivity index (χ0v) is 20.5. The van der Waals surface area contributed by atoms with Gasteiger partial charge in [0.2, 0.25) is 0 Å². The number of unbranched alkanes of at least 4 members (excludes halogenated alkanes) is 11. The summed E-state index contributed by atoms with van der Waals surface area (Å²) in [7, 11) is 0. The third kappa shape index (κ3) is 6.34. The molecule has 1 heteroatoms. The fourth-order valence-corrected chi connectivity index (χ4v) is 5.47. The highest BCUT2D eigenvalue weighted by Gasteiger charge is 2.10. The fourth-order valence-electron chi connectivity index (χ4n) is 5.47. The van der Waals surface area contributed by atoms with E-state index < -0.39 is 0 Å². The second-order valence-electron chi connectivity index (χ2n) is 10.0. The molecule has 0 radical (unpaired) electrons. The van der Waals surface area contributed by atoms with Crippen LogP contribution >= 0.6 is 0 Å². The molecule has 4 aromatic carbocycles. The Kier molecular flexibility index (Phi) is 8.75. The summed E-state index contributed by atoms with van der Waals surface area (Å²) in [5.74, 6) is 0.339. The maximum Gasteiger partial charge on any atom is 0.129 e. The van der Waals surface area contributed by atoms with E-state index in [0.29, 0.717) is 5.78 Å². The number of carbonyl (C=O) groups excluding carboxylic acids is 1. The summed E-state index contributed by atoms with van der Waals surface area (Å²) in [5.41, 5.74) is 1.52. The van der Waals surface area contributed by atoms with Gasteiger partial charge in [0, 0.05) is 6.42 Å². The van der Waals surface area contributed by atoms with Gasteiger partial charge < -0.3 is 4.79 Å². The second kappa shape index (κ2) is 12.2. The van der Waals surface area contributed by atoms with Crippen LogP contribution in [-0.4, -0.2) is 5.78 Å². The van der Waals surface area contributed by atoms with Gasteiger partial charge in [0.05, 0.1) is 0 Å². The monoisotopic (exact) mass is 440 g/mol. The molecule has 0 bridgehead atoms. The van der Waals surface area contributed by atoms with Gasteiger partial charge in [-0.15, -0.1) is 0 Å². The quantitative estimate of drug-likeness (QED) is 0.133. The van der Waals surface area contributed by atoms with Crippen molar-refractivity contribution in [3.8, 4) is 0 Å². The molecule has 0 amide bonds. The molecule has 0 heterocycles. The number of carbonyl (C=O) groups is 1. The minimum atomic E-state index is 0.339. The van der Waals surface area contributed by atoms with Crippen LogP contribution in [0.4, 0.5) is 0 Å². The van der Waals surface area contributed by atoms with Gasteiger partial charge in [-0.05, 0) is 64.1 Å². The molecule has 4 aromatic rings. The van der Waals surface area contributed by atoms with Crippen LogP contribution in [0.3, 0.4) is 0 Å². The zero-order valence-electron chi connectivity index (χ0n) is 20.5. The van der Waals surface area contributed by atoms with Crippen LogP contribution in [0.2, 0.25) is 0 Å². The maximum absolute atomic E-state index is 10.9. The summed E-state index contributed by atoms with van der Waals surface area (Å²) in [6.07, 6.45) is 17.9. The van der Waals surface area contributed by atoms with Crippen LogP contribution < -0.4 is 0 Å². The first-order valence-electron chi connectivity index (χ1n) is 13.4. The first-order chi connectivity index (χ1) is 16.2. The lowest BCUT2D eigenvalue weighted by atomic mass is 9.90. The van der Waals surface area contributed by atoms with E-state index in [4.69, 9.17) is 0 Å². The van der Waals surface area contributed by atoms with E-state index in [1.807, 2.05) is 0 Å². The molecule has 4 rings (SSSR count). The molecule has 0 unspecified atom stereocenters. The number of aryl methyl sites for hydroxylation is 1. The maximum atomic E-state index is 10.9. The molecule has 33 heavy (non-hydrogen) atoms. The van der Waals surface area contributed by atoms with Crippen molar-refractivity contribution >= 4 is 38.1 Å². The highest BCUT2D eigenvalue weighted by molar-refractivity contribution is 6.23. The molecule has 174 valence electrons. The Balaban J connectivity index is 1.14. The van der Waals surface area contributed by atoms with Gasteiger partial charge in [0.1, 0.15) is 5.78 Å². The molecule has 1 nitrogen and oxygen atoms in total. The van der Waals surface area contributed by atoms with Crippen molar-refractivity contribution in [3.05, 3.63) is 60.2 Å². The Labute approximate surface area is 199 Å². The minimum absolute atomic E-state index is 0.339. The summed E-state index contributed by atoms with van der Waals surface area (Å²) in [6.45, 7) is 1.70. The predicted molar refractivity (Wildman–Crippen MR) is 145 cm³/mol. The molecule has 0 spiro atoms. The minimum Gasteiger partial charge on any atom is -0.300 e. The standard InChI is InChI=1S/C32H40O/c1-25(33)15-12-10-8-6-4-2-3-5-7-9-11-13-16-26-19-20-29-22-21-27-17-14-18-28-23-24-30(26)32(29)31(27)28/h14,17-24H,2-13,15-16H2,1H3. The smallest absolute Gasteiger partial charge is 0.129 e. The van der Waals surface area contributed by atoms with Crippen molar-refractivity contribution in [2.75, 3.05) is 0 Å². The van der Waals surface area contributed by atoms with Gasteiger partial charge in [0.15, 0.2) is 0 Å². The van der Waals surface area contributed by atoms with Crippen molar-refractivity contribution in [1.29, 1.82) is 0 Å². The SMILES string of the molecule is CC(=O)CCCCCCCCCCCCCCc1ccc2ccc3cccc4ccc1c2c34. The molecule has 0 fully saturated rings. The summed E-state index contributed by atoms with van der Waals surface area (Å²) >= 11 is 0. The third-order valence-electron chi connectivity index (χ3n) is 7.34. The number of rotatable bonds is 15. The average Bonchev–Trinajstić information content (AvgIpc) is 2.83. The molecule has 0 saturated heterocycles. The average molecular weight is 441 g/mol. The first-order valence-corrected chi connectivity index (χ1v) is 13.4. The molecule has 0 aliphatic heterocycles. The Morgan fingerprint density at radius 3 is 1.64 bits per heavy atom. The van der Waals surface area contributed by atoms with E-state index in [1.165, 1.54) is 115 Å². The topological polar surface area (TPSA) is 17.1 Å². The normalized spacial score (nSPS) is 11.8. The Hall–Kier alpha value is -2.41. The Bertz CT molecular complexity index is 1140. The van der Waals surface area contributed by atoms with E-state index in [0.717, 1.165) is 12.8 Å². The van der Waals surface area contributed by atoms with Gasteiger partial charge in [-0.3, -0.25) is 0 Å². The van der Waals surface area contributed by atoms with Crippen LogP contribution in [0.25, 0.3) is 32.3 Å². The number of hydrogen-bond donors (Lipinski definition) is 0. The predicted octanol–water partition coefficient (Wildman–Crippen LogP) is 9.79. The van der Waals surface area contributed by atoms with Crippen LogP contribution in [0, 0.1) is 0 Å². The molecule has 0 N–H and O–H groups in total. The van der Waals surface area contributed by atoms with Gasteiger partial charge in [0.25, 0.3) is 0 Å². The fraction of sp³-hybridized carbons (Fsp3) is 0.469. The highest BCUT2D eigenvalue weighted by Crippen LogP contribution is 2.36.